The summed E-state index contributed by atoms with van der Waals surface area (Å²) in [6.07, 6.45) is -0.787. The Labute approximate surface area is 181 Å². The predicted octanol–water partition coefficient (Wildman–Crippen LogP) is 6.12. The molecule has 0 bridgehead atoms. The highest BCUT2D eigenvalue weighted by Gasteiger charge is 2.48. The standard InChI is InChI=1S/C21H43O5PSi2/c1-16(2)29(17(3)4,18(5)6)26-21(13-14-28(10,11)12)19(7)20(22)15-27(23,24-8)25-9/h16-19,21H,15H2,1-12H3. The Morgan fingerprint density at radius 2 is 1.31 bits per heavy atom. The van der Waals surface area contributed by atoms with Gasteiger partial charge in [0.25, 0.3) is 0 Å². The minimum absolute atomic E-state index is 0.203. The third-order valence-electron chi connectivity index (χ3n) is 5.50. The second kappa shape index (κ2) is 11.4. The van der Waals surface area contributed by atoms with E-state index in [0.29, 0.717) is 16.6 Å². The molecule has 0 rings (SSSR count). The minimum Gasteiger partial charge on any atom is -0.402 e. The maximum absolute atomic E-state index is 13.0. The van der Waals surface area contributed by atoms with Gasteiger partial charge in [-0.3, -0.25) is 9.36 Å². The van der Waals surface area contributed by atoms with Gasteiger partial charge in [-0.15, -0.1) is 5.54 Å². The van der Waals surface area contributed by atoms with Crippen molar-refractivity contribution in [3.8, 4) is 11.5 Å². The SMILES string of the molecule is COP(=O)(CC(=O)C(C)C(C#C[Si](C)(C)C)O[Si](C(C)C)(C(C)C)C(C)C)OC. The van der Waals surface area contributed by atoms with E-state index in [0.717, 1.165) is 0 Å². The summed E-state index contributed by atoms with van der Waals surface area (Å²) >= 11 is 0. The third-order valence-corrected chi connectivity index (χ3v) is 14.3. The van der Waals surface area contributed by atoms with Crippen LogP contribution in [-0.4, -0.2) is 48.7 Å². The topological polar surface area (TPSA) is 61.8 Å². The van der Waals surface area contributed by atoms with Gasteiger partial charge < -0.3 is 13.5 Å². The Bertz CT molecular complexity index is 614. The number of ketones is 1. The molecule has 29 heavy (non-hydrogen) atoms. The van der Waals surface area contributed by atoms with Crippen LogP contribution in [0.4, 0.5) is 0 Å². The van der Waals surface area contributed by atoms with Gasteiger partial charge in [-0.2, -0.15) is 0 Å². The molecule has 0 aliphatic rings. The molecule has 0 radical (unpaired) electrons. The van der Waals surface area contributed by atoms with Gasteiger partial charge in [-0.1, -0.05) is 74.0 Å². The maximum atomic E-state index is 13.0. The lowest BCUT2D eigenvalue weighted by atomic mass is 10.0. The van der Waals surface area contributed by atoms with Crippen LogP contribution in [0.5, 0.6) is 0 Å². The molecule has 0 heterocycles. The van der Waals surface area contributed by atoms with Crippen LogP contribution in [-0.2, 0) is 22.8 Å². The zero-order valence-corrected chi connectivity index (χ0v) is 23.5. The van der Waals surface area contributed by atoms with Crippen molar-refractivity contribution in [1.29, 1.82) is 0 Å². The Morgan fingerprint density at radius 1 is 0.897 bits per heavy atom. The fourth-order valence-corrected chi connectivity index (χ4v) is 11.1. The highest BCUT2D eigenvalue weighted by molar-refractivity contribution is 7.54. The van der Waals surface area contributed by atoms with Crippen LogP contribution in [0, 0.1) is 17.4 Å². The van der Waals surface area contributed by atoms with Gasteiger partial charge in [0.1, 0.15) is 20.3 Å². The molecule has 0 aromatic rings. The summed E-state index contributed by atoms with van der Waals surface area (Å²) in [5.41, 5.74) is 4.53. The van der Waals surface area contributed by atoms with E-state index in [9.17, 15) is 9.36 Å². The molecule has 0 fully saturated rings. The molecule has 5 nitrogen and oxygen atoms in total. The molecule has 0 spiro atoms. The van der Waals surface area contributed by atoms with Gasteiger partial charge in [0.05, 0.1) is 5.92 Å². The first-order chi connectivity index (χ1) is 13.1. The molecule has 0 aromatic carbocycles. The van der Waals surface area contributed by atoms with Crippen molar-refractivity contribution < 1.29 is 22.8 Å². The molecule has 0 saturated heterocycles. The van der Waals surface area contributed by atoms with Crippen molar-refractivity contribution >= 4 is 29.8 Å². The first-order valence-electron chi connectivity index (χ1n) is 10.5. The Morgan fingerprint density at radius 3 is 1.62 bits per heavy atom. The molecular weight excluding hydrogens is 419 g/mol. The van der Waals surface area contributed by atoms with Gasteiger partial charge >= 0.3 is 7.60 Å². The predicted molar refractivity (Wildman–Crippen MR) is 128 cm³/mol. The van der Waals surface area contributed by atoms with E-state index < -0.39 is 36.0 Å². The van der Waals surface area contributed by atoms with Crippen molar-refractivity contribution in [3.63, 3.8) is 0 Å². The largest absolute Gasteiger partial charge is 0.402 e. The quantitative estimate of drug-likeness (QED) is 0.210. The van der Waals surface area contributed by atoms with Crippen LogP contribution in [0.15, 0.2) is 0 Å². The summed E-state index contributed by atoms with van der Waals surface area (Å²) in [7, 11) is -4.72. The van der Waals surface area contributed by atoms with Crippen LogP contribution in [0.25, 0.3) is 0 Å². The number of hydrogen-bond donors (Lipinski definition) is 0. The van der Waals surface area contributed by atoms with E-state index in [2.05, 4.69) is 72.6 Å². The summed E-state index contributed by atoms with van der Waals surface area (Å²) < 4.78 is 29.3. The molecule has 0 amide bonds. The molecule has 0 aliphatic heterocycles. The zero-order chi connectivity index (χ0) is 23.2. The lowest BCUT2D eigenvalue weighted by Crippen LogP contribution is -2.52. The van der Waals surface area contributed by atoms with Crippen molar-refractivity contribution in [2.45, 2.75) is 90.8 Å². The number of Topliss-reactive ketones (excluding diaryl/α,β-unsaturated/α-hetero) is 1. The van der Waals surface area contributed by atoms with E-state index >= 15 is 0 Å². The zero-order valence-electron chi connectivity index (χ0n) is 20.6. The molecule has 0 saturated carbocycles. The molecule has 2 unspecified atom stereocenters. The van der Waals surface area contributed by atoms with Crippen LogP contribution < -0.4 is 0 Å². The summed E-state index contributed by atoms with van der Waals surface area (Å²) in [5, 5.41) is 0. The first kappa shape index (κ1) is 28.8. The molecular formula is C21H43O5PSi2. The molecule has 0 aliphatic carbocycles. The van der Waals surface area contributed by atoms with E-state index in [1.165, 1.54) is 14.2 Å². The fraction of sp³-hybridized carbons (Fsp3) is 0.857. The van der Waals surface area contributed by atoms with E-state index in [1.807, 2.05) is 6.92 Å². The van der Waals surface area contributed by atoms with Gasteiger partial charge in [0.2, 0.25) is 8.32 Å². The smallest absolute Gasteiger partial charge is 0.337 e. The van der Waals surface area contributed by atoms with E-state index in [4.69, 9.17) is 13.5 Å². The second-order valence-corrected chi connectivity index (χ2v) is 22.2. The van der Waals surface area contributed by atoms with Crippen LogP contribution in [0.3, 0.4) is 0 Å². The van der Waals surface area contributed by atoms with Crippen LogP contribution in [0.1, 0.15) is 48.5 Å². The molecule has 0 N–H and O–H groups in total. The summed E-state index contributed by atoms with van der Waals surface area (Å²) in [5.74, 6) is 2.60. The molecule has 170 valence electrons. The average Bonchev–Trinajstić information content (AvgIpc) is 2.59. The monoisotopic (exact) mass is 462 g/mol. The Hall–Kier alpha value is -0.226. The number of carbonyl (C=O) groups is 1. The lowest BCUT2D eigenvalue weighted by molar-refractivity contribution is -0.122. The Kier molecular flexibility index (Phi) is 11.3. The lowest BCUT2D eigenvalue weighted by Gasteiger charge is -2.44. The minimum atomic E-state index is -3.42. The molecule has 0 aromatic heterocycles. The van der Waals surface area contributed by atoms with Gasteiger partial charge in [0, 0.05) is 14.2 Å². The van der Waals surface area contributed by atoms with Crippen molar-refractivity contribution in [2.75, 3.05) is 20.4 Å². The molecule has 2 atom stereocenters. The molecule has 8 heteroatoms. The number of hydrogen-bond acceptors (Lipinski definition) is 5. The number of rotatable bonds is 11. The Balaban J connectivity index is 6.13. The normalized spacial score (nSPS) is 15.4. The highest BCUT2D eigenvalue weighted by Crippen LogP contribution is 2.47. The van der Waals surface area contributed by atoms with Crippen LogP contribution in [0.2, 0.25) is 36.3 Å². The summed E-state index contributed by atoms with van der Waals surface area (Å²) in [6, 6.07) is 0. The van der Waals surface area contributed by atoms with E-state index in [1.54, 1.807) is 0 Å². The van der Waals surface area contributed by atoms with Gasteiger partial charge in [0.15, 0.2) is 5.78 Å². The van der Waals surface area contributed by atoms with Gasteiger partial charge in [-0.05, 0) is 16.6 Å². The average molecular weight is 463 g/mol. The van der Waals surface area contributed by atoms with Crippen molar-refractivity contribution in [3.05, 3.63) is 0 Å². The van der Waals surface area contributed by atoms with Crippen molar-refractivity contribution in [1.82, 2.24) is 0 Å². The number of carbonyl (C=O) groups excluding carboxylic acids is 1. The third kappa shape index (κ3) is 8.08. The summed E-state index contributed by atoms with van der Waals surface area (Å²) in [4.78, 5) is 13.0. The highest BCUT2D eigenvalue weighted by atomic mass is 31.2. The summed E-state index contributed by atoms with van der Waals surface area (Å²) in [6.45, 7) is 21.6. The van der Waals surface area contributed by atoms with Crippen LogP contribution >= 0.6 is 7.60 Å². The fourth-order valence-electron chi connectivity index (χ4n) is 3.88. The second-order valence-electron chi connectivity index (χ2n) is 9.76. The van der Waals surface area contributed by atoms with E-state index in [-0.39, 0.29) is 11.9 Å². The first-order valence-corrected chi connectivity index (χ1v) is 17.9. The van der Waals surface area contributed by atoms with Gasteiger partial charge in [-0.25, -0.2) is 0 Å². The van der Waals surface area contributed by atoms with Crippen molar-refractivity contribution in [2.24, 2.45) is 5.92 Å². The maximum Gasteiger partial charge on any atom is 0.337 e.